The lowest BCUT2D eigenvalue weighted by atomic mass is 9.96. The summed E-state index contributed by atoms with van der Waals surface area (Å²) in [5, 5.41) is 0. The lowest BCUT2D eigenvalue weighted by Gasteiger charge is -2.12. The SMILES string of the molecule is CC(Cc1cc(=O)n(C)c(N)n1)c1ccccc1. The van der Waals surface area contributed by atoms with E-state index in [-0.39, 0.29) is 11.5 Å². The Hall–Kier alpha value is -2.10. The number of nitrogen functional groups attached to an aromatic ring is 1. The van der Waals surface area contributed by atoms with Crippen molar-refractivity contribution >= 4 is 5.95 Å². The highest BCUT2D eigenvalue weighted by Gasteiger charge is 2.09. The van der Waals surface area contributed by atoms with Crippen molar-refractivity contribution in [3.05, 3.63) is 58.0 Å². The molecule has 0 amide bonds. The molecule has 0 aliphatic heterocycles. The lowest BCUT2D eigenvalue weighted by Crippen LogP contribution is -2.22. The van der Waals surface area contributed by atoms with Gasteiger partial charge in [-0.25, -0.2) is 4.98 Å². The zero-order valence-corrected chi connectivity index (χ0v) is 10.6. The van der Waals surface area contributed by atoms with Crippen LogP contribution in [-0.2, 0) is 13.5 Å². The highest BCUT2D eigenvalue weighted by molar-refractivity contribution is 5.24. The molecule has 0 aliphatic rings. The molecule has 2 N–H and O–H groups in total. The molecule has 1 aromatic heterocycles. The molecule has 4 nitrogen and oxygen atoms in total. The molecule has 0 radical (unpaired) electrons. The van der Waals surface area contributed by atoms with Gasteiger partial charge in [-0.05, 0) is 17.9 Å². The van der Waals surface area contributed by atoms with Gasteiger partial charge in [0.05, 0.1) is 5.69 Å². The Kier molecular flexibility index (Phi) is 3.46. The highest BCUT2D eigenvalue weighted by atomic mass is 16.1. The van der Waals surface area contributed by atoms with Gasteiger partial charge >= 0.3 is 0 Å². The molecule has 1 atom stereocenters. The molecule has 0 bridgehead atoms. The summed E-state index contributed by atoms with van der Waals surface area (Å²) in [6.45, 7) is 2.12. The fourth-order valence-corrected chi connectivity index (χ4v) is 1.92. The average molecular weight is 243 g/mol. The summed E-state index contributed by atoms with van der Waals surface area (Å²) in [6, 6.07) is 11.7. The molecular formula is C14H17N3O. The zero-order chi connectivity index (χ0) is 13.1. The van der Waals surface area contributed by atoms with Gasteiger partial charge in [-0.2, -0.15) is 0 Å². The van der Waals surface area contributed by atoms with Gasteiger partial charge in [0.1, 0.15) is 0 Å². The van der Waals surface area contributed by atoms with Crippen LogP contribution in [0, 0.1) is 0 Å². The maximum absolute atomic E-state index is 11.6. The van der Waals surface area contributed by atoms with Crippen LogP contribution in [-0.4, -0.2) is 9.55 Å². The van der Waals surface area contributed by atoms with Crippen molar-refractivity contribution in [3.8, 4) is 0 Å². The highest BCUT2D eigenvalue weighted by Crippen LogP contribution is 2.18. The van der Waals surface area contributed by atoms with Crippen LogP contribution in [0.25, 0.3) is 0 Å². The Balaban J connectivity index is 2.22. The number of aromatic nitrogens is 2. The average Bonchev–Trinajstić information content (AvgIpc) is 2.37. The standard InChI is InChI=1S/C14H17N3O/c1-10(11-6-4-3-5-7-11)8-12-9-13(18)17(2)14(15)16-12/h3-7,9-10H,8H2,1-2H3,(H2,15,16). The van der Waals surface area contributed by atoms with Crippen molar-refractivity contribution in [2.24, 2.45) is 7.05 Å². The third-order valence-corrected chi connectivity index (χ3v) is 3.11. The summed E-state index contributed by atoms with van der Waals surface area (Å²) < 4.78 is 1.34. The smallest absolute Gasteiger partial charge is 0.254 e. The molecule has 18 heavy (non-hydrogen) atoms. The first-order valence-corrected chi connectivity index (χ1v) is 5.95. The molecule has 4 heteroatoms. The second-order valence-corrected chi connectivity index (χ2v) is 4.52. The van der Waals surface area contributed by atoms with Crippen molar-refractivity contribution in [2.75, 3.05) is 5.73 Å². The van der Waals surface area contributed by atoms with E-state index in [9.17, 15) is 4.79 Å². The van der Waals surface area contributed by atoms with Gasteiger partial charge in [-0.15, -0.1) is 0 Å². The molecule has 0 aliphatic carbocycles. The number of hydrogen-bond donors (Lipinski definition) is 1. The fraction of sp³-hybridized carbons (Fsp3) is 0.286. The Labute approximate surface area is 106 Å². The van der Waals surface area contributed by atoms with E-state index in [0.29, 0.717) is 12.3 Å². The normalized spacial score (nSPS) is 12.3. The van der Waals surface area contributed by atoms with Gasteiger partial charge in [0.2, 0.25) is 5.95 Å². The van der Waals surface area contributed by atoms with Crippen LogP contribution in [0.1, 0.15) is 24.1 Å². The summed E-state index contributed by atoms with van der Waals surface area (Å²) in [5.41, 5.74) is 7.55. The third kappa shape index (κ3) is 2.59. The van der Waals surface area contributed by atoms with Crippen LogP contribution >= 0.6 is 0 Å². The molecular weight excluding hydrogens is 226 g/mol. The summed E-state index contributed by atoms with van der Waals surface area (Å²) in [5.74, 6) is 0.572. The number of anilines is 1. The second kappa shape index (κ2) is 5.04. The Morgan fingerprint density at radius 1 is 1.33 bits per heavy atom. The van der Waals surface area contributed by atoms with E-state index in [0.717, 1.165) is 5.69 Å². The fourth-order valence-electron chi connectivity index (χ4n) is 1.92. The van der Waals surface area contributed by atoms with Crippen LogP contribution in [0.2, 0.25) is 0 Å². The van der Waals surface area contributed by atoms with Gasteiger partial charge in [-0.3, -0.25) is 9.36 Å². The van der Waals surface area contributed by atoms with Crippen LogP contribution in [0.15, 0.2) is 41.2 Å². The number of hydrogen-bond acceptors (Lipinski definition) is 3. The summed E-state index contributed by atoms with van der Waals surface area (Å²) in [4.78, 5) is 15.9. The van der Waals surface area contributed by atoms with Crippen molar-refractivity contribution < 1.29 is 0 Å². The first-order chi connectivity index (χ1) is 8.58. The number of nitrogens with zero attached hydrogens (tertiary/aromatic N) is 2. The minimum atomic E-state index is -0.113. The van der Waals surface area contributed by atoms with Crippen molar-refractivity contribution in [1.82, 2.24) is 9.55 Å². The van der Waals surface area contributed by atoms with Crippen molar-refractivity contribution in [2.45, 2.75) is 19.3 Å². The van der Waals surface area contributed by atoms with Crippen molar-refractivity contribution in [1.29, 1.82) is 0 Å². The quantitative estimate of drug-likeness (QED) is 0.892. The number of rotatable bonds is 3. The minimum absolute atomic E-state index is 0.113. The van der Waals surface area contributed by atoms with Gasteiger partial charge in [0.25, 0.3) is 5.56 Å². The monoisotopic (exact) mass is 243 g/mol. The third-order valence-electron chi connectivity index (χ3n) is 3.11. The van der Waals surface area contributed by atoms with Crippen LogP contribution in [0.4, 0.5) is 5.95 Å². The van der Waals surface area contributed by atoms with E-state index in [1.165, 1.54) is 10.1 Å². The van der Waals surface area contributed by atoms with E-state index in [4.69, 9.17) is 5.73 Å². The van der Waals surface area contributed by atoms with E-state index in [1.807, 2.05) is 18.2 Å². The second-order valence-electron chi connectivity index (χ2n) is 4.52. The molecule has 2 rings (SSSR count). The maximum Gasteiger partial charge on any atom is 0.254 e. The zero-order valence-electron chi connectivity index (χ0n) is 10.6. The first kappa shape index (κ1) is 12.4. The molecule has 0 fully saturated rings. The Bertz CT molecular complexity index is 590. The minimum Gasteiger partial charge on any atom is -0.369 e. The van der Waals surface area contributed by atoms with E-state index in [2.05, 4.69) is 24.0 Å². The summed E-state index contributed by atoms with van der Waals surface area (Å²) >= 11 is 0. The Morgan fingerprint density at radius 3 is 2.61 bits per heavy atom. The maximum atomic E-state index is 11.6. The lowest BCUT2D eigenvalue weighted by molar-refractivity contribution is 0.724. The molecule has 1 unspecified atom stereocenters. The molecule has 0 saturated carbocycles. The molecule has 2 aromatic rings. The summed E-state index contributed by atoms with van der Waals surface area (Å²) in [7, 11) is 1.62. The first-order valence-electron chi connectivity index (χ1n) is 5.95. The van der Waals surface area contributed by atoms with Gasteiger partial charge in [0.15, 0.2) is 0 Å². The van der Waals surface area contributed by atoms with Crippen LogP contribution in [0.3, 0.4) is 0 Å². The van der Waals surface area contributed by atoms with Gasteiger partial charge < -0.3 is 5.73 Å². The van der Waals surface area contributed by atoms with E-state index >= 15 is 0 Å². The van der Waals surface area contributed by atoms with E-state index in [1.54, 1.807) is 13.1 Å². The van der Waals surface area contributed by atoms with Crippen LogP contribution < -0.4 is 11.3 Å². The molecule has 0 spiro atoms. The predicted molar refractivity (Wildman–Crippen MR) is 72.5 cm³/mol. The van der Waals surface area contributed by atoms with E-state index < -0.39 is 0 Å². The van der Waals surface area contributed by atoms with Crippen molar-refractivity contribution in [3.63, 3.8) is 0 Å². The molecule has 1 aromatic carbocycles. The number of nitrogens with two attached hydrogens (primary N) is 1. The number of benzene rings is 1. The van der Waals surface area contributed by atoms with Gasteiger partial charge in [-0.1, -0.05) is 37.3 Å². The molecule has 0 saturated heterocycles. The topological polar surface area (TPSA) is 60.9 Å². The van der Waals surface area contributed by atoms with Gasteiger partial charge in [0, 0.05) is 13.1 Å². The Morgan fingerprint density at radius 2 is 2.00 bits per heavy atom. The largest absolute Gasteiger partial charge is 0.369 e. The summed E-state index contributed by atoms with van der Waals surface area (Å²) in [6.07, 6.45) is 0.713. The molecule has 94 valence electrons. The van der Waals surface area contributed by atoms with Crippen LogP contribution in [0.5, 0.6) is 0 Å². The molecule has 1 heterocycles. The predicted octanol–water partition coefficient (Wildman–Crippen LogP) is 1.71.